The number of hydrogen-bond donors (Lipinski definition) is 1. The Hall–Kier alpha value is -0.650. The van der Waals surface area contributed by atoms with Crippen molar-refractivity contribution in [3.8, 4) is 0 Å². The number of thiazole rings is 1. The minimum atomic E-state index is 0.354. The lowest BCUT2D eigenvalue weighted by atomic mass is 10.1. The third kappa shape index (κ3) is 4.17. The molecule has 1 aromatic heterocycles. The summed E-state index contributed by atoms with van der Waals surface area (Å²) in [6.45, 7) is 10.4. The molecule has 20 heavy (non-hydrogen) atoms. The van der Waals surface area contributed by atoms with Crippen molar-refractivity contribution < 1.29 is 4.74 Å². The van der Waals surface area contributed by atoms with Crippen LogP contribution < -0.4 is 10.2 Å². The van der Waals surface area contributed by atoms with Gasteiger partial charge in [-0.25, -0.2) is 4.98 Å². The van der Waals surface area contributed by atoms with Crippen LogP contribution >= 0.6 is 11.3 Å². The lowest BCUT2D eigenvalue weighted by Gasteiger charge is -2.30. The molecule has 0 spiro atoms. The molecule has 4 nitrogen and oxygen atoms in total. The van der Waals surface area contributed by atoms with Crippen LogP contribution in [0.3, 0.4) is 0 Å². The van der Waals surface area contributed by atoms with Crippen LogP contribution in [0.4, 0.5) is 5.13 Å². The predicted octanol–water partition coefficient (Wildman–Crippen LogP) is 3.37. The summed E-state index contributed by atoms with van der Waals surface area (Å²) in [5.74, 6) is 0. The van der Waals surface area contributed by atoms with Crippen LogP contribution in [0.25, 0.3) is 0 Å². The molecule has 0 aliphatic rings. The van der Waals surface area contributed by atoms with Crippen molar-refractivity contribution in [1.82, 2.24) is 10.3 Å². The summed E-state index contributed by atoms with van der Waals surface area (Å²) < 4.78 is 5.26. The molecule has 1 N–H and O–H groups in total. The third-order valence-electron chi connectivity index (χ3n) is 3.81. The van der Waals surface area contributed by atoms with Crippen molar-refractivity contribution in [2.75, 3.05) is 32.2 Å². The molecule has 5 heteroatoms. The number of aromatic nitrogens is 1. The van der Waals surface area contributed by atoms with Gasteiger partial charge in [0, 0.05) is 30.6 Å². The minimum absolute atomic E-state index is 0.354. The fourth-order valence-corrected chi connectivity index (χ4v) is 3.63. The van der Waals surface area contributed by atoms with E-state index in [0.717, 1.165) is 36.8 Å². The van der Waals surface area contributed by atoms with Crippen LogP contribution in [0.15, 0.2) is 0 Å². The summed E-state index contributed by atoms with van der Waals surface area (Å²) in [4.78, 5) is 8.54. The van der Waals surface area contributed by atoms with Gasteiger partial charge in [0.15, 0.2) is 5.13 Å². The van der Waals surface area contributed by atoms with Crippen molar-refractivity contribution in [3.05, 3.63) is 10.6 Å². The quantitative estimate of drug-likeness (QED) is 0.758. The van der Waals surface area contributed by atoms with Gasteiger partial charge in [0.2, 0.25) is 0 Å². The van der Waals surface area contributed by atoms with E-state index < -0.39 is 0 Å². The van der Waals surface area contributed by atoms with Crippen LogP contribution in [-0.2, 0) is 4.74 Å². The minimum Gasteiger partial charge on any atom is -0.383 e. The van der Waals surface area contributed by atoms with Gasteiger partial charge in [0.25, 0.3) is 0 Å². The molecule has 1 heterocycles. The molecule has 0 aliphatic heterocycles. The maximum atomic E-state index is 5.26. The molecule has 0 amide bonds. The van der Waals surface area contributed by atoms with Gasteiger partial charge in [-0.3, -0.25) is 0 Å². The van der Waals surface area contributed by atoms with E-state index in [1.54, 1.807) is 18.4 Å². The van der Waals surface area contributed by atoms with Crippen LogP contribution in [0.5, 0.6) is 0 Å². The van der Waals surface area contributed by atoms with E-state index >= 15 is 0 Å². The largest absolute Gasteiger partial charge is 0.383 e. The highest BCUT2D eigenvalue weighted by molar-refractivity contribution is 7.15. The fourth-order valence-electron chi connectivity index (χ4n) is 2.40. The van der Waals surface area contributed by atoms with Crippen molar-refractivity contribution in [3.63, 3.8) is 0 Å². The molecule has 0 fully saturated rings. The first-order chi connectivity index (χ1) is 9.58. The van der Waals surface area contributed by atoms with E-state index in [-0.39, 0.29) is 0 Å². The SMILES string of the molecule is CCC(CC)N(CCOC)c1nc(C)c(C(C)NC)s1. The molecule has 0 bridgehead atoms. The van der Waals surface area contributed by atoms with E-state index in [4.69, 9.17) is 9.72 Å². The van der Waals surface area contributed by atoms with E-state index in [2.05, 4.69) is 37.9 Å². The van der Waals surface area contributed by atoms with Crippen molar-refractivity contribution in [1.29, 1.82) is 0 Å². The molecule has 1 rings (SSSR count). The Morgan fingerprint density at radius 3 is 2.50 bits per heavy atom. The molecule has 0 aromatic carbocycles. The van der Waals surface area contributed by atoms with E-state index in [1.807, 2.05) is 7.05 Å². The first kappa shape index (κ1) is 17.4. The maximum Gasteiger partial charge on any atom is 0.186 e. The number of hydrogen-bond acceptors (Lipinski definition) is 5. The third-order valence-corrected chi connectivity index (χ3v) is 5.19. The Kier molecular flexibility index (Phi) is 7.48. The van der Waals surface area contributed by atoms with Gasteiger partial charge in [-0.15, -0.1) is 11.3 Å². The average molecular weight is 299 g/mol. The monoisotopic (exact) mass is 299 g/mol. The van der Waals surface area contributed by atoms with Gasteiger partial charge in [0.1, 0.15) is 0 Å². The molecular weight excluding hydrogens is 270 g/mol. The number of anilines is 1. The Labute approximate surface area is 127 Å². The van der Waals surface area contributed by atoms with E-state index in [1.165, 1.54) is 4.88 Å². The fraction of sp³-hybridized carbons (Fsp3) is 0.800. The smallest absolute Gasteiger partial charge is 0.186 e. The first-order valence-corrected chi connectivity index (χ1v) is 8.30. The molecule has 116 valence electrons. The summed E-state index contributed by atoms with van der Waals surface area (Å²) in [5, 5.41) is 4.43. The number of methoxy groups -OCH3 is 1. The summed E-state index contributed by atoms with van der Waals surface area (Å²) >= 11 is 1.81. The van der Waals surface area contributed by atoms with Gasteiger partial charge in [-0.2, -0.15) is 0 Å². The first-order valence-electron chi connectivity index (χ1n) is 7.49. The summed E-state index contributed by atoms with van der Waals surface area (Å²) in [6.07, 6.45) is 2.27. The van der Waals surface area contributed by atoms with Crippen LogP contribution in [0, 0.1) is 6.92 Å². The normalized spacial score (nSPS) is 12.9. The zero-order valence-electron chi connectivity index (χ0n) is 13.7. The van der Waals surface area contributed by atoms with E-state index in [0.29, 0.717) is 12.1 Å². The Morgan fingerprint density at radius 2 is 2.00 bits per heavy atom. The number of nitrogens with one attached hydrogen (secondary N) is 1. The number of ether oxygens (including phenoxy) is 1. The zero-order valence-corrected chi connectivity index (χ0v) is 14.5. The Balaban J connectivity index is 3.01. The van der Waals surface area contributed by atoms with E-state index in [9.17, 15) is 0 Å². The average Bonchev–Trinajstić information content (AvgIpc) is 2.84. The molecule has 0 saturated carbocycles. The lowest BCUT2D eigenvalue weighted by molar-refractivity contribution is 0.202. The predicted molar refractivity (Wildman–Crippen MR) is 87.9 cm³/mol. The molecule has 1 aromatic rings. The summed E-state index contributed by atoms with van der Waals surface area (Å²) in [5.41, 5.74) is 1.14. The zero-order chi connectivity index (χ0) is 15.1. The molecule has 1 unspecified atom stereocenters. The second-order valence-corrected chi connectivity index (χ2v) is 6.12. The second-order valence-electron chi connectivity index (χ2n) is 5.11. The topological polar surface area (TPSA) is 37.4 Å². The van der Waals surface area contributed by atoms with Crippen LogP contribution in [-0.4, -0.2) is 38.3 Å². The van der Waals surface area contributed by atoms with Crippen LogP contribution in [0.1, 0.15) is 50.2 Å². The summed E-state index contributed by atoms with van der Waals surface area (Å²) in [6, 6.07) is 0.890. The molecule has 1 atom stereocenters. The highest BCUT2D eigenvalue weighted by Gasteiger charge is 2.21. The molecular formula is C15H29N3OS. The lowest BCUT2D eigenvalue weighted by Crippen LogP contribution is -2.37. The highest BCUT2D eigenvalue weighted by Crippen LogP contribution is 2.32. The Bertz CT molecular complexity index is 390. The standard InChI is InChI=1S/C15H29N3OS/c1-7-13(8-2)18(9-10-19-6)15-17-12(4)14(20-15)11(3)16-5/h11,13,16H,7-10H2,1-6H3. The van der Waals surface area contributed by atoms with Crippen molar-refractivity contribution in [2.24, 2.45) is 0 Å². The molecule has 0 saturated heterocycles. The van der Waals surface area contributed by atoms with Gasteiger partial charge >= 0.3 is 0 Å². The molecule has 0 aliphatic carbocycles. The number of rotatable bonds is 9. The van der Waals surface area contributed by atoms with Crippen LogP contribution in [0.2, 0.25) is 0 Å². The number of nitrogens with zero attached hydrogens (tertiary/aromatic N) is 2. The second kappa shape index (κ2) is 8.60. The van der Waals surface area contributed by atoms with Gasteiger partial charge in [-0.05, 0) is 33.7 Å². The van der Waals surface area contributed by atoms with Crippen molar-refractivity contribution in [2.45, 2.75) is 52.6 Å². The van der Waals surface area contributed by atoms with Gasteiger partial charge < -0.3 is 15.0 Å². The van der Waals surface area contributed by atoms with Gasteiger partial charge in [-0.1, -0.05) is 13.8 Å². The summed E-state index contributed by atoms with van der Waals surface area (Å²) in [7, 11) is 3.75. The maximum absolute atomic E-state index is 5.26. The molecule has 0 radical (unpaired) electrons. The van der Waals surface area contributed by atoms with Crippen molar-refractivity contribution >= 4 is 16.5 Å². The Morgan fingerprint density at radius 1 is 1.35 bits per heavy atom. The van der Waals surface area contributed by atoms with Gasteiger partial charge in [0.05, 0.1) is 12.3 Å². The number of aryl methyl sites for hydroxylation is 1. The highest BCUT2D eigenvalue weighted by atomic mass is 32.1.